The Morgan fingerprint density at radius 2 is 2.09 bits per heavy atom. The van der Waals surface area contributed by atoms with E-state index in [0.29, 0.717) is 5.50 Å². The third-order valence-electron chi connectivity index (χ3n) is 1.53. The van der Waals surface area contributed by atoms with Crippen molar-refractivity contribution >= 4 is 24.9 Å². The Morgan fingerprint density at radius 1 is 1.27 bits per heavy atom. The summed E-state index contributed by atoms with van der Waals surface area (Å²) in [7, 11) is -0.503. The van der Waals surface area contributed by atoms with Crippen LogP contribution in [0.4, 0.5) is 0 Å². The minimum Gasteiger partial charge on any atom is -0.418 e. The van der Waals surface area contributed by atoms with Crippen LogP contribution in [-0.4, -0.2) is 0 Å². The zero-order valence-electron chi connectivity index (χ0n) is 5.70. The molecule has 0 N–H and O–H groups in total. The summed E-state index contributed by atoms with van der Waals surface area (Å²) < 4.78 is 15.7. The summed E-state index contributed by atoms with van der Waals surface area (Å²) in [6, 6.07) is 9.40. The van der Waals surface area contributed by atoms with Crippen LogP contribution in [0, 0.1) is 0 Å². The van der Waals surface area contributed by atoms with E-state index in [1.807, 2.05) is 24.3 Å². The molecule has 3 heteroatoms. The molecule has 0 spiro atoms. The molecule has 2 aromatic rings. The van der Waals surface area contributed by atoms with Crippen molar-refractivity contribution in [3.8, 4) is 0 Å². The first-order valence-electron chi connectivity index (χ1n) is 3.27. The summed E-state index contributed by atoms with van der Waals surface area (Å²) in [5.41, 5.74) is 1.33. The molecule has 0 saturated carbocycles. The highest BCUT2D eigenvalue weighted by molar-refractivity contribution is 7.33. The van der Waals surface area contributed by atoms with Crippen LogP contribution in [0.15, 0.2) is 34.7 Å². The number of hydrogen-bond donors (Lipinski definition) is 0. The van der Waals surface area contributed by atoms with Crippen molar-refractivity contribution in [2.24, 2.45) is 0 Å². The molecule has 1 aromatic heterocycles. The molecule has 0 aliphatic carbocycles. The van der Waals surface area contributed by atoms with Gasteiger partial charge in [0, 0.05) is 11.5 Å². The first-order valence-corrected chi connectivity index (χ1v) is 4.18. The fourth-order valence-electron chi connectivity index (χ4n) is 1.03. The lowest BCUT2D eigenvalue weighted by atomic mass is 10.3. The van der Waals surface area contributed by atoms with E-state index in [4.69, 9.17) is 4.42 Å². The van der Waals surface area contributed by atoms with Gasteiger partial charge in [-0.05, 0) is 6.07 Å². The molecule has 0 bridgehead atoms. The number of hydrogen-bond acceptors (Lipinski definition) is 2. The zero-order chi connectivity index (χ0) is 7.68. The van der Waals surface area contributed by atoms with Crippen molar-refractivity contribution in [3.63, 3.8) is 0 Å². The van der Waals surface area contributed by atoms with Gasteiger partial charge in [-0.25, -0.2) is 0 Å². The van der Waals surface area contributed by atoms with Crippen LogP contribution >= 0.6 is 8.46 Å². The van der Waals surface area contributed by atoms with E-state index in [0.717, 1.165) is 11.0 Å². The first kappa shape index (κ1) is 6.56. The Kier molecular flexibility index (Phi) is 1.48. The first-order chi connectivity index (χ1) is 5.40. The van der Waals surface area contributed by atoms with Crippen molar-refractivity contribution in [2.45, 2.75) is 0 Å². The fraction of sp³-hybridized carbons (Fsp3) is 0. The number of furan rings is 1. The van der Waals surface area contributed by atoms with E-state index < -0.39 is 8.46 Å². The minimum absolute atomic E-state index is 0.503. The van der Waals surface area contributed by atoms with Crippen LogP contribution in [0.2, 0.25) is 0 Å². The summed E-state index contributed by atoms with van der Waals surface area (Å²) in [5.74, 6) is 0. The van der Waals surface area contributed by atoms with Gasteiger partial charge in [-0.1, -0.05) is 22.8 Å². The Hall–Kier alpha value is -1.14. The lowest BCUT2D eigenvalue weighted by Gasteiger charge is -1.80. The largest absolute Gasteiger partial charge is 0.418 e. The highest BCUT2D eigenvalue weighted by Crippen LogP contribution is 2.14. The summed E-state index contributed by atoms with van der Waals surface area (Å²) in [6.45, 7) is 0. The third kappa shape index (κ3) is 1.06. The Bertz CT molecular complexity index is 359. The van der Waals surface area contributed by atoms with Crippen LogP contribution in [0.3, 0.4) is 0 Å². The minimum atomic E-state index is -0.503. The fourth-order valence-corrected chi connectivity index (χ4v) is 1.40. The highest BCUT2D eigenvalue weighted by Gasteiger charge is 2.06. The van der Waals surface area contributed by atoms with Gasteiger partial charge in [0.25, 0.3) is 0 Å². The molecule has 11 heavy (non-hydrogen) atoms. The van der Waals surface area contributed by atoms with Crippen LogP contribution in [0.5, 0.6) is 0 Å². The predicted molar refractivity (Wildman–Crippen MR) is 44.8 cm³/mol. The Balaban J connectivity index is 2.78. The standard InChI is InChI=1S/C8H5O2P/c9-11-8-5-6-3-1-2-4-7(6)10-8/h1-5H/p+1. The molecule has 0 radical (unpaired) electrons. The topological polar surface area (TPSA) is 30.2 Å². The number of para-hydroxylation sites is 1. The molecule has 54 valence electrons. The number of fused-ring (bicyclic) bond motifs is 1. The molecule has 0 saturated heterocycles. The molecule has 1 heterocycles. The van der Waals surface area contributed by atoms with Gasteiger partial charge in [-0.2, -0.15) is 0 Å². The maximum atomic E-state index is 10.4. The molecule has 1 aromatic carbocycles. The van der Waals surface area contributed by atoms with Crippen molar-refractivity contribution in [1.29, 1.82) is 0 Å². The molecule has 0 fully saturated rings. The number of rotatable bonds is 1. The summed E-state index contributed by atoms with van der Waals surface area (Å²) in [6.07, 6.45) is 0. The smallest absolute Gasteiger partial charge is 0.402 e. The second-order valence-corrected chi connectivity index (χ2v) is 2.95. The SMILES string of the molecule is O=[PH+]c1cc2ccccc2o1. The third-order valence-corrected chi connectivity index (χ3v) is 1.97. The van der Waals surface area contributed by atoms with Crippen molar-refractivity contribution in [3.05, 3.63) is 30.3 Å². The van der Waals surface area contributed by atoms with Gasteiger partial charge in [-0.3, -0.25) is 0 Å². The van der Waals surface area contributed by atoms with Gasteiger partial charge in [0.1, 0.15) is 5.58 Å². The van der Waals surface area contributed by atoms with Gasteiger partial charge in [0.2, 0.25) is 0 Å². The average Bonchev–Trinajstić information content (AvgIpc) is 2.46. The molecule has 1 unspecified atom stereocenters. The second-order valence-electron chi connectivity index (χ2n) is 2.25. The van der Waals surface area contributed by atoms with E-state index in [9.17, 15) is 4.57 Å². The summed E-state index contributed by atoms with van der Waals surface area (Å²) in [4.78, 5) is 0. The maximum Gasteiger partial charge on any atom is 0.402 e. The van der Waals surface area contributed by atoms with Gasteiger partial charge in [0.15, 0.2) is 0 Å². The summed E-state index contributed by atoms with van der Waals surface area (Å²) in [5, 5.41) is 1.01. The van der Waals surface area contributed by atoms with Crippen molar-refractivity contribution < 1.29 is 8.98 Å². The molecule has 2 rings (SSSR count). The van der Waals surface area contributed by atoms with E-state index in [-0.39, 0.29) is 0 Å². The van der Waals surface area contributed by atoms with Gasteiger partial charge in [-0.15, -0.1) is 0 Å². The molecule has 2 nitrogen and oxygen atoms in total. The second kappa shape index (κ2) is 2.48. The zero-order valence-corrected chi connectivity index (χ0v) is 6.70. The van der Waals surface area contributed by atoms with Crippen molar-refractivity contribution in [2.75, 3.05) is 0 Å². The predicted octanol–water partition coefficient (Wildman–Crippen LogP) is 2.08. The average molecular weight is 165 g/mol. The lowest BCUT2D eigenvalue weighted by Crippen LogP contribution is -1.77. The van der Waals surface area contributed by atoms with Gasteiger partial charge < -0.3 is 4.42 Å². The van der Waals surface area contributed by atoms with Crippen molar-refractivity contribution in [1.82, 2.24) is 0 Å². The molecule has 0 aliphatic heterocycles. The van der Waals surface area contributed by atoms with E-state index in [1.165, 1.54) is 0 Å². The van der Waals surface area contributed by atoms with E-state index >= 15 is 0 Å². The van der Waals surface area contributed by atoms with Crippen LogP contribution in [0.1, 0.15) is 0 Å². The van der Waals surface area contributed by atoms with Gasteiger partial charge in [0.05, 0.1) is 0 Å². The monoisotopic (exact) mass is 165 g/mol. The van der Waals surface area contributed by atoms with Crippen LogP contribution < -0.4 is 5.50 Å². The summed E-state index contributed by atoms with van der Waals surface area (Å²) >= 11 is 0. The molecular formula is C8H6O2P+. The van der Waals surface area contributed by atoms with Crippen LogP contribution in [0.25, 0.3) is 11.0 Å². The normalized spacial score (nSPS) is 10.9. The van der Waals surface area contributed by atoms with Gasteiger partial charge >= 0.3 is 14.0 Å². The lowest BCUT2D eigenvalue weighted by molar-refractivity contribution is 0.591. The highest BCUT2D eigenvalue weighted by atomic mass is 31.1. The Morgan fingerprint density at radius 3 is 2.82 bits per heavy atom. The van der Waals surface area contributed by atoms with E-state index in [1.54, 1.807) is 6.07 Å². The molecule has 1 atom stereocenters. The quantitative estimate of drug-likeness (QED) is 0.605. The van der Waals surface area contributed by atoms with E-state index in [2.05, 4.69) is 0 Å². The molecule has 0 amide bonds. The van der Waals surface area contributed by atoms with Crippen LogP contribution in [-0.2, 0) is 4.57 Å². The Labute approximate surface area is 65.0 Å². The molecule has 0 aliphatic rings. The maximum absolute atomic E-state index is 10.4. The number of benzene rings is 1. The molecular weight excluding hydrogens is 159 g/mol.